The summed E-state index contributed by atoms with van der Waals surface area (Å²) in [7, 11) is 0. The molecule has 0 unspecified atom stereocenters. The third-order valence-corrected chi connectivity index (χ3v) is 4.16. The smallest absolute Gasteiger partial charge is 0.315 e. The van der Waals surface area contributed by atoms with E-state index < -0.39 is 24.1 Å². The van der Waals surface area contributed by atoms with Crippen molar-refractivity contribution >= 4 is 35.4 Å². The SMILES string of the molecule is CC(=O)O.CCOC(=O)C[C@@H](C)NC(=O)N[C@H]1CCN(c2ccc(C(=N)N)cc2)C1=O. The first kappa shape index (κ1) is 25.4. The van der Waals surface area contributed by atoms with Crippen LogP contribution in [0.2, 0.25) is 0 Å². The summed E-state index contributed by atoms with van der Waals surface area (Å²) in [6.07, 6.45) is 0.543. The molecule has 2 atom stereocenters. The Balaban J connectivity index is 0.00000110. The average Bonchev–Trinajstić information content (AvgIpc) is 3.01. The normalized spacial score (nSPS) is 15.9. The van der Waals surface area contributed by atoms with E-state index in [-0.39, 0.29) is 30.7 Å². The summed E-state index contributed by atoms with van der Waals surface area (Å²) in [5.41, 5.74) is 6.69. The highest BCUT2D eigenvalue weighted by atomic mass is 16.5. The van der Waals surface area contributed by atoms with Crippen molar-refractivity contribution in [3.8, 4) is 0 Å². The lowest BCUT2D eigenvalue weighted by molar-refractivity contribution is -0.143. The molecule has 2 rings (SSSR count). The molecule has 11 heteroatoms. The van der Waals surface area contributed by atoms with Crippen molar-refractivity contribution in [2.75, 3.05) is 18.1 Å². The molecule has 170 valence electrons. The molecular formula is C20H29N5O6. The van der Waals surface area contributed by atoms with Gasteiger partial charge in [0.15, 0.2) is 0 Å². The van der Waals surface area contributed by atoms with Crippen LogP contribution in [0.4, 0.5) is 10.5 Å². The molecule has 0 bridgehead atoms. The van der Waals surface area contributed by atoms with Gasteiger partial charge in [-0.3, -0.25) is 19.8 Å². The van der Waals surface area contributed by atoms with Gasteiger partial charge in [-0.05, 0) is 44.5 Å². The number of carboxylic acid groups (broad SMARTS) is 1. The second kappa shape index (κ2) is 12.2. The Morgan fingerprint density at radius 3 is 2.42 bits per heavy atom. The molecule has 0 spiro atoms. The monoisotopic (exact) mass is 435 g/mol. The van der Waals surface area contributed by atoms with Crippen molar-refractivity contribution in [1.82, 2.24) is 10.6 Å². The number of ether oxygens (including phenoxy) is 1. The van der Waals surface area contributed by atoms with Crippen molar-refractivity contribution in [2.45, 2.75) is 45.7 Å². The number of carboxylic acids is 1. The molecule has 0 radical (unpaired) electrons. The topological polar surface area (TPSA) is 175 Å². The quantitative estimate of drug-likeness (QED) is 0.239. The molecule has 1 aliphatic rings. The fraction of sp³-hybridized carbons (Fsp3) is 0.450. The van der Waals surface area contributed by atoms with Crippen molar-refractivity contribution in [3.63, 3.8) is 0 Å². The maximum Gasteiger partial charge on any atom is 0.315 e. The van der Waals surface area contributed by atoms with Gasteiger partial charge in [0.2, 0.25) is 5.91 Å². The van der Waals surface area contributed by atoms with Crippen LogP contribution in [0.5, 0.6) is 0 Å². The highest BCUT2D eigenvalue weighted by molar-refractivity contribution is 6.02. The number of nitrogens with two attached hydrogens (primary N) is 1. The van der Waals surface area contributed by atoms with Gasteiger partial charge in [-0.2, -0.15) is 0 Å². The Morgan fingerprint density at radius 1 is 1.32 bits per heavy atom. The number of anilines is 1. The molecule has 1 aliphatic heterocycles. The number of aliphatic carboxylic acids is 1. The summed E-state index contributed by atoms with van der Waals surface area (Å²) < 4.78 is 4.84. The number of nitrogens with one attached hydrogen (secondary N) is 3. The molecule has 1 aromatic carbocycles. The van der Waals surface area contributed by atoms with Crippen LogP contribution in [0.25, 0.3) is 0 Å². The minimum atomic E-state index is -0.833. The van der Waals surface area contributed by atoms with Crippen LogP contribution in [0.15, 0.2) is 24.3 Å². The second-order valence-corrected chi connectivity index (χ2v) is 6.84. The molecule has 1 saturated heterocycles. The number of carbonyl (C=O) groups is 4. The van der Waals surface area contributed by atoms with E-state index in [1.165, 1.54) is 0 Å². The van der Waals surface area contributed by atoms with Gasteiger partial charge in [-0.1, -0.05) is 0 Å². The average molecular weight is 435 g/mol. The van der Waals surface area contributed by atoms with Crippen molar-refractivity contribution in [3.05, 3.63) is 29.8 Å². The van der Waals surface area contributed by atoms with Gasteiger partial charge >= 0.3 is 12.0 Å². The summed E-state index contributed by atoms with van der Waals surface area (Å²) in [4.78, 5) is 46.6. The predicted molar refractivity (Wildman–Crippen MR) is 114 cm³/mol. The van der Waals surface area contributed by atoms with E-state index in [0.29, 0.717) is 24.2 Å². The number of amidine groups is 1. The maximum atomic E-state index is 12.6. The van der Waals surface area contributed by atoms with Crippen LogP contribution in [0.1, 0.15) is 39.2 Å². The first-order chi connectivity index (χ1) is 14.5. The largest absolute Gasteiger partial charge is 0.481 e. The summed E-state index contributed by atoms with van der Waals surface area (Å²) in [6.45, 7) is 5.25. The fourth-order valence-electron chi connectivity index (χ4n) is 2.84. The molecule has 0 aromatic heterocycles. The number of nitrogen functional groups attached to an aromatic ring is 1. The van der Waals surface area contributed by atoms with Crippen molar-refractivity contribution in [1.29, 1.82) is 5.41 Å². The highest BCUT2D eigenvalue weighted by Gasteiger charge is 2.33. The van der Waals surface area contributed by atoms with Crippen LogP contribution in [-0.2, 0) is 19.1 Å². The van der Waals surface area contributed by atoms with Gasteiger partial charge in [-0.15, -0.1) is 0 Å². The predicted octanol–water partition coefficient (Wildman–Crippen LogP) is 0.808. The standard InChI is InChI=1S/C18H25N5O4.C2H4O2/c1-3-27-15(24)10-11(2)21-18(26)22-14-8-9-23(17(14)25)13-6-4-12(5-7-13)16(19)20;1-2(3)4/h4-7,11,14H,3,8-10H2,1-2H3,(H3,19,20)(H2,21,22,26);1H3,(H,3,4)/t11-,14+;/m1./s1. The van der Waals surface area contributed by atoms with Crippen LogP contribution in [0.3, 0.4) is 0 Å². The van der Waals surface area contributed by atoms with E-state index in [1.807, 2.05) is 0 Å². The Labute approximate surface area is 180 Å². The van der Waals surface area contributed by atoms with E-state index in [9.17, 15) is 14.4 Å². The molecule has 6 N–H and O–H groups in total. The van der Waals surface area contributed by atoms with Crippen LogP contribution >= 0.6 is 0 Å². The van der Waals surface area contributed by atoms with Crippen LogP contribution in [0, 0.1) is 5.41 Å². The van der Waals surface area contributed by atoms with E-state index in [4.69, 9.17) is 25.8 Å². The van der Waals surface area contributed by atoms with E-state index >= 15 is 0 Å². The fourth-order valence-corrected chi connectivity index (χ4v) is 2.84. The first-order valence-corrected chi connectivity index (χ1v) is 9.73. The van der Waals surface area contributed by atoms with Gasteiger partial charge in [0, 0.05) is 30.8 Å². The van der Waals surface area contributed by atoms with Crippen LogP contribution < -0.4 is 21.3 Å². The number of carbonyl (C=O) groups excluding carboxylic acids is 3. The third-order valence-electron chi connectivity index (χ3n) is 4.16. The minimum Gasteiger partial charge on any atom is -0.481 e. The maximum absolute atomic E-state index is 12.6. The number of hydrogen-bond acceptors (Lipinski definition) is 6. The second-order valence-electron chi connectivity index (χ2n) is 6.84. The number of esters is 1. The lowest BCUT2D eigenvalue weighted by atomic mass is 10.2. The number of urea groups is 1. The summed E-state index contributed by atoms with van der Waals surface area (Å²) in [5.74, 6) is -1.47. The van der Waals surface area contributed by atoms with Gasteiger partial charge in [0.05, 0.1) is 13.0 Å². The molecule has 0 saturated carbocycles. The lowest BCUT2D eigenvalue weighted by Crippen LogP contribution is -2.48. The third kappa shape index (κ3) is 8.72. The molecule has 1 heterocycles. The molecule has 1 aromatic rings. The number of nitrogens with zero attached hydrogens (tertiary/aromatic N) is 1. The van der Waals surface area contributed by atoms with Crippen molar-refractivity contribution < 1.29 is 29.0 Å². The molecular weight excluding hydrogens is 406 g/mol. The Hall–Kier alpha value is -3.63. The van der Waals surface area contributed by atoms with Crippen molar-refractivity contribution in [2.24, 2.45) is 5.73 Å². The molecule has 1 fully saturated rings. The van der Waals surface area contributed by atoms with E-state index in [2.05, 4.69) is 10.6 Å². The highest BCUT2D eigenvalue weighted by Crippen LogP contribution is 2.22. The number of hydrogen-bond donors (Lipinski definition) is 5. The zero-order chi connectivity index (χ0) is 23.6. The van der Waals surface area contributed by atoms with Gasteiger partial charge in [0.1, 0.15) is 11.9 Å². The number of amides is 3. The summed E-state index contributed by atoms with van der Waals surface area (Å²) in [6, 6.07) is 5.25. The summed E-state index contributed by atoms with van der Waals surface area (Å²) in [5, 5.41) is 20.1. The molecule has 11 nitrogen and oxygen atoms in total. The van der Waals surface area contributed by atoms with Crippen LogP contribution in [-0.4, -0.2) is 60.1 Å². The zero-order valence-electron chi connectivity index (χ0n) is 17.8. The van der Waals surface area contributed by atoms with Gasteiger partial charge in [0.25, 0.3) is 5.97 Å². The summed E-state index contributed by atoms with van der Waals surface area (Å²) >= 11 is 0. The van der Waals surface area contributed by atoms with Gasteiger partial charge < -0.3 is 31.1 Å². The Bertz CT molecular complexity index is 807. The Kier molecular flexibility index (Phi) is 9.96. The number of benzene rings is 1. The Morgan fingerprint density at radius 2 is 1.90 bits per heavy atom. The zero-order valence-corrected chi connectivity index (χ0v) is 17.8. The van der Waals surface area contributed by atoms with E-state index in [0.717, 1.165) is 6.92 Å². The molecule has 0 aliphatic carbocycles. The number of rotatable bonds is 7. The molecule has 3 amide bonds. The molecule has 31 heavy (non-hydrogen) atoms. The lowest BCUT2D eigenvalue weighted by Gasteiger charge is -2.19. The van der Waals surface area contributed by atoms with Gasteiger partial charge in [-0.25, -0.2) is 4.79 Å². The first-order valence-electron chi connectivity index (χ1n) is 9.73. The minimum absolute atomic E-state index is 0.0394. The van der Waals surface area contributed by atoms with E-state index in [1.54, 1.807) is 43.0 Å².